The van der Waals surface area contributed by atoms with Crippen LogP contribution in [0.15, 0.2) is 0 Å². The lowest BCUT2D eigenvalue weighted by molar-refractivity contribution is -0.195. The molecule has 5 unspecified atom stereocenters. The summed E-state index contributed by atoms with van der Waals surface area (Å²) in [6.45, 7) is 4.98. The first-order chi connectivity index (χ1) is 9.32. The molecule has 5 atom stereocenters. The van der Waals surface area contributed by atoms with Crippen molar-refractivity contribution in [3.05, 3.63) is 0 Å². The first kappa shape index (κ1) is 14.6. The van der Waals surface area contributed by atoms with Gasteiger partial charge in [-0.25, -0.2) is 0 Å². The molecule has 3 aliphatic rings. The van der Waals surface area contributed by atoms with Crippen molar-refractivity contribution in [1.82, 2.24) is 5.32 Å². The van der Waals surface area contributed by atoms with Gasteiger partial charge < -0.3 is 10.1 Å². The van der Waals surface area contributed by atoms with Crippen LogP contribution in [0.4, 0.5) is 13.2 Å². The molecule has 2 nitrogen and oxygen atoms in total. The molecule has 0 aromatic heterocycles. The van der Waals surface area contributed by atoms with Gasteiger partial charge in [0.25, 0.3) is 0 Å². The predicted octanol–water partition coefficient (Wildman–Crippen LogP) is 3.51. The van der Waals surface area contributed by atoms with Crippen LogP contribution in [-0.4, -0.2) is 31.0 Å². The molecule has 20 heavy (non-hydrogen) atoms. The molecule has 3 fully saturated rings. The minimum Gasteiger partial charge on any atom is -0.377 e. The first-order valence-electron chi connectivity index (χ1n) is 7.76. The number of alkyl halides is 3. The number of ether oxygens (including phenoxy) is 1. The lowest BCUT2D eigenvalue weighted by atomic mass is 9.57. The molecule has 0 aromatic rings. The zero-order chi connectivity index (χ0) is 14.5. The lowest BCUT2D eigenvalue weighted by Crippen LogP contribution is -2.68. The number of nitrogens with one attached hydrogen (secondary N) is 1. The van der Waals surface area contributed by atoms with Gasteiger partial charge in [-0.2, -0.15) is 13.2 Å². The molecule has 0 radical (unpaired) electrons. The Kier molecular flexibility index (Phi) is 3.57. The van der Waals surface area contributed by atoms with Crippen molar-refractivity contribution < 1.29 is 17.9 Å². The second-order valence-corrected chi connectivity index (χ2v) is 7.25. The average molecular weight is 291 g/mol. The standard InChI is InChI=1S/C15H24F3NO/c1-14(2)12(9-7-8-20-13(9)14)19-11-6-4-3-5-10(11)15(16,17)18/h9-13,19H,3-8H2,1-2H3. The van der Waals surface area contributed by atoms with E-state index in [4.69, 9.17) is 4.74 Å². The molecular weight excluding hydrogens is 267 g/mol. The van der Waals surface area contributed by atoms with E-state index in [1.165, 1.54) is 0 Å². The molecule has 0 aromatic carbocycles. The highest BCUT2D eigenvalue weighted by atomic mass is 19.4. The number of fused-ring (bicyclic) bond motifs is 1. The maximum Gasteiger partial charge on any atom is 0.393 e. The number of halogens is 3. The molecule has 0 bridgehead atoms. The third-order valence-corrected chi connectivity index (χ3v) is 5.68. The van der Waals surface area contributed by atoms with Crippen LogP contribution < -0.4 is 5.32 Å². The summed E-state index contributed by atoms with van der Waals surface area (Å²) in [7, 11) is 0. The minimum absolute atomic E-state index is 0.0469. The minimum atomic E-state index is -4.07. The Balaban J connectivity index is 1.70. The molecule has 1 saturated heterocycles. The van der Waals surface area contributed by atoms with Crippen molar-refractivity contribution in [2.75, 3.05) is 6.61 Å². The van der Waals surface area contributed by atoms with Gasteiger partial charge in [-0.3, -0.25) is 0 Å². The average Bonchev–Trinajstić information content (AvgIpc) is 2.82. The summed E-state index contributed by atoms with van der Waals surface area (Å²) in [4.78, 5) is 0. The Labute approximate surface area is 118 Å². The van der Waals surface area contributed by atoms with Gasteiger partial charge in [0.2, 0.25) is 0 Å². The van der Waals surface area contributed by atoms with E-state index in [9.17, 15) is 13.2 Å². The maximum absolute atomic E-state index is 13.2. The zero-order valence-electron chi connectivity index (χ0n) is 12.2. The van der Waals surface area contributed by atoms with Crippen molar-refractivity contribution in [3.63, 3.8) is 0 Å². The maximum atomic E-state index is 13.2. The first-order valence-corrected chi connectivity index (χ1v) is 7.76. The van der Waals surface area contributed by atoms with Gasteiger partial charge in [0.1, 0.15) is 0 Å². The van der Waals surface area contributed by atoms with E-state index in [0.717, 1.165) is 19.4 Å². The fourth-order valence-electron chi connectivity index (χ4n) is 4.62. The Morgan fingerprint density at radius 2 is 1.80 bits per heavy atom. The second-order valence-electron chi connectivity index (χ2n) is 7.25. The Hall–Kier alpha value is -0.290. The van der Waals surface area contributed by atoms with E-state index in [0.29, 0.717) is 18.8 Å². The smallest absolute Gasteiger partial charge is 0.377 e. The monoisotopic (exact) mass is 291 g/mol. The van der Waals surface area contributed by atoms with Gasteiger partial charge in [0.05, 0.1) is 12.0 Å². The predicted molar refractivity (Wildman–Crippen MR) is 70.4 cm³/mol. The number of rotatable bonds is 2. The van der Waals surface area contributed by atoms with Crippen LogP contribution in [-0.2, 0) is 4.74 Å². The van der Waals surface area contributed by atoms with Gasteiger partial charge in [-0.15, -0.1) is 0 Å². The molecule has 116 valence electrons. The summed E-state index contributed by atoms with van der Waals surface area (Å²) >= 11 is 0. The Bertz CT molecular complexity index is 369. The summed E-state index contributed by atoms with van der Waals surface area (Å²) < 4.78 is 45.2. The molecule has 3 rings (SSSR count). The van der Waals surface area contributed by atoms with Gasteiger partial charge in [-0.1, -0.05) is 26.7 Å². The van der Waals surface area contributed by atoms with Crippen LogP contribution >= 0.6 is 0 Å². The van der Waals surface area contributed by atoms with Crippen molar-refractivity contribution in [1.29, 1.82) is 0 Å². The van der Waals surface area contributed by atoms with E-state index in [2.05, 4.69) is 19.2 Å². The Morgan fingerprint density at radius 1 is 1.10 bits per heavy atom. The van der Waals surface area contributed by atoms with E-state index in [1.54, 1.807) is 0 Å². The van der Waals surface area contributed by atoms with Gasteiger partial charge in [-0.05, 0) is 19.3 Å². The van der Waals surface area contributed by atoms with Crippen LogP contribution in [0, 0.1) is 17.3 Å². The quantitative estimate of drug-likeness (QED) is 0.840. The van der Waals surface area contributed by atoms with Crippen molar-refractivity contribution in [3.8, 4) is 0 Å². The van der Waals surface area contributed by atoms with E-state index in [-0.39, 0.29) is 24.0 Å². The molecule has 2 aliphatic carbocycles. The van der Waals surface area contributed by atoms with Gasteiger partial charge in [0.15, 0.2) is 0 Å². The molecule has 0 amide bonds. The topological polar surface area (TPSA) is 21.3 Å². The largest absolute Gasteiger partial charge is 0.393 e. The zero-order valence-corrected chi connectivity index (χ0v) is 12.2. The molecule has 0 spiro atoms. The highest BCUT2D eigenvalue weighted by molar-refractivity contribution is 5.12. The molecule has 2 saturated carbocycles. The highest BCUT2D eigenvalue weighted by Gasteiger charge is 2.60. The van der Waals surface area contributed by atoms with Crippen molar-refractivity contribution >= 4 is 0 Å². The normalized spacial score (nSPS) is 44.0. The fourth-order valence-corrected chi connectivity index (χ4v) is 4.62. The summed E-state index contributed by atoms with van der Waals surface area (Å²) in [6.07, 6.45) is -0.332. The van der Waals surface area contributed by atoms with Crippen LogP contribution in [0.2, 0.25) is 0 Å². The van der Waals surface area contributed by atoms with Crippen LogP contribution in [0.3, 0.4) is 0 Å². The molecule has 1 aliphatic heterocycles. The molecule has 1 heterocycles. The third kappa shape index (κ3) is 2.27. The fraction of sp³-hybridized carbons (Fsp3) is 1.00. The molecule has 5 heteroatoms. The van der Waals surface area contributed by atoms with Crippen molar-refractivity contribution in [2.45, 2.75) is 70.3 Å². The summed E-state index contributed by atoms with van der Waals surface area (Å²) in [5.74, 6) is -0.769. The SMILES string of the molecule is CC1(C)C(NC2CCCCC2C(F)(F)F)C2CCOC21. The van der Waals surface area contributed by atoms with Crippen LogP contribution in [0.25, 0.3) is 0 Å². The second kappa shape index (κ2) is 4.87. The van der Waals surface area contributed by atoms with Gasteiger partial charge in [0, 0.05) is 30.0 Å². The summed E-state index contributed by atoms with van der Waals surface area (Å²) in [6, 6.07) is -0.238. The van der Waals surface area contributed by atoms with Gasteiger partial charge >= 0.3 is 6.18 Å². The van der Waals surface area contributed by atoms with Crippen molar-refractivity contribution in [2.24, 2.45) is 17.3 Å². The van der Waals surface area contributed by atoms with E-state index < -0.39 is 18.1 Å². The third-order valence-electron chi connectivity index (χ3n) is 5.68. The summed E-state index contributed by atoms with van der Waals surface area (Å²) in [5, 5.41) is 3.37. The molecular formula is C15H24F3NO. The number of hydrogen-bond donors (Lipinski definition) is 1. The van der Waals surface area contributed by atoms with E-state index >= 15 is 0 Å². The lowest BCUT2D eigenvalue weighted by Gasteiger charge is -2.56. The highest BCUT2D eigenvalue weighted by Crippen LogP contribution is 2.53. The van der Waals surface area contributed by atoms with E-state index in [1.807, 2.05) is 0 Å². The summed E-state index contributed by atoms with van der Waals surface area (Å²) in [5.41, 5.74) is -0.0469. The molecule has 1 N–H and O–H groups in total. The van der Waals surface area contributed by atoms with Crippen LogP contribution in [0.5, 0.6) is 0 Å². The Morgan fingerprint density at radius 3 is 2.50 bits per heavy atom. The van der Waals surface area contributed by atoms with Crippen LogP contribution in [0.1, 0.15) is 46.0 Å². The number of hydrogen-bond acceptors (Lipinski definition) is 2.